The van der Waals surface area contributed by atoms with Gasteiger partial charge in [0.15, 0.2) is 0 Å². The maximum atomic E-state index is 12.9. The maximum absolute atomic E-state index is 12.9. The Morgan fingerprint density at radius 2 is 1.92 bits per heavy atom. The zero-order chi connectivity index (χ0) is 18.9. The van der Waals surface area contributed by atoms with Crippen molar-refractivity contribution >= 4 is 11.8 Å². The highest BCUT2D eigenvalue weighted by Crippen LogP contribution is 2.27. The molecule has 2 atom stereocenters. The van der Waals surface area contributed by atoms with Gasteiger partial charge in [-0.1, -0.05) is 20.8 Å². The third-order valence-electron chi connectivity index (χ3n) is 5.01. The number of aromatic nitrogens is 1. The van der Waals surface area contributed by atoms with Gasteiger partial charge in [0.2, 0.25) is 5.91 Å². The van der Waals surface area contributed by atoms with Gasteiger partial charge in [0.1, 0.15) is 0 Å². The molecule has 2 N–H and O–H groups in total. The molecule has 1 aromatic heterocycles. The fraction of sp³-hybridized carbons (Fsp3) is 0.429. The number of hydrogen-bond donors (Lipinski definition) is 2. The van der Waals surface area contributed by atoms with Gasteiger partial charge in [0.05, 0.1) is 12.1 Å². The summed E-state index contributed by atoms with van der Waals surface area (Å²) in [6.07, 6.45) is 5.07. The first-order chi connectivity index (χ1) is 12.3. The molecule has 1 saturated heterocycles. The number of nitrogens with zero attached hydrogens (tertiary/aromatic N) is 1. The van der Waals surface area contributed by atoms with Crippen LogP contribution in [0.15, 0.2) is 42.7 Å². The molecule has 0 bridgehead atoms. The van der Waals surface area contributed by atoms with Gasteiger partial charge < -0.3 is 15.2 Å². The predicted octanol–water partition coefficient (Wildman–Crippen LogP) is 3.21. The number of aryl methyl sites for hydroxylation is 1. The highest BCUT2D eigenvalue weighted by Gasteiger charge is 2.37. The smallest absolute Gasteiger partial charge is 0.251 e. The Kier molecular flexibility index (Phi) is 4.90. The van der Waals surface area contributed by atoms with E-state index in [-0.39, 0.29) is 29.3 Å². The molecule has 0 unspecified atom stereocenters. The van der Waals surface area contributed by atoms with E-state index in [9.17, 15) is 9.59 Å². The quantitative estimate of drug-likeness (QED) is 0.890. The van der Waals surface area contributed by atoms with Crippen molar-refractivity contribution in [1.29, 1.82) is 0 Å². The van der Waals surface area contributed by atoms with Crippen LogP contribution in [-0.2, 0) is 4.79 Å². The van der Waals surface area contributed by atoms with Gasteiger partial charge in [-0.15, -0.1) is 0 Å². The summed E-state index contributed by atoms with van der Waals surface area (Å²) in [7, 11) is 0. The average molecular weight is 353 g/mol. The van der Waals surface area contributed by atoms with E-state index in [0.717, 1.165) is 11.3 Å². The Morgan fingerprint density at radius 3 is 2.54 bits per heavy atom. The normalized spacial score (nSPS) is 20.5. The van der Waals surface area contributed by atoms with Crippen LogP contribution in [0.5, 0.6) is 0 Å². The van der Waals surface area contributed by atoms with Crippen molar-refractivity contribution in [3.63, 3.8) is 0 Å². The largest absolute Gasteiger partial charge is 0.351 e. The summed E-state index contributed by atoms with van der Waals surface area (Å²) in [5, 5.41) is 6.20. The first-order valence-electron chi connectivity index (χ1n) is 9.10. The number of nitrogens with one attached hydrogen (secondary N) is 2. The standard InChI is InChI=1S/C21H27N3O2/c1-14-13-15(24-11-5-6-12-24)7-8-16(14)20(26)22-17-9-10-18(25)23-19(17)21(2,3)4/h5-8,11-13,17,19H,9-10H2,1-4H3,(H,22,26)(H,23,25)/t17-,19-/m1/s1. The van der Waals surface area contributed by atoms with Crippen molar-refractivity contribution in [2.45, 2.75) is 52.6 Å². The van der Waals surface area contributed by atoms with Crippen LogP contribution in [-0.4, -0.2) is 28.5 Å². The monoisotopic (exact) mass is 353 g/mol. The molecule has 2 aromatic rings. The first kappa shape index (κ1) is 18.2. The van der Waals surface area contributed by atoms with E-state index in [1.807, 2.05) is 54.2 Å². The minimum atomic E-state index is -0.124. The van der Waals surface area contributed by atoms with Gasteiger partial charge in [-0.25, -0.2) is 0 Å². The number of hydrogen-bond acceptors (Lipinski definition) is 2. The number of benzene rings is 1. The molecule has 0 aliphatic carbocycles. The molecule has 1 aromatic carbocycles. The Balaban J connectivity index is 1.78. The second-order valence-corrected chi connectivity index (χ2v) is 8.12. The highest BCUT2D eigenvalue weighted by molar-refractivity contribution is 5.96. The molecule has 3 rings (SSSR count). The molecule has 1 aliphatic rings. The van der Waals surface area contributed by atoms with Crippen molar-refractivity contribution in [3.8, 4) is 5.69 Å². The number of amides is 2. The highest BCUT2D eigenvalue weighted by atomic mass is 16.2. The van der Waals surface area contributed by atoms with Crippen LogP contribution >= 0.6 is 0 Å². The zero-order valence-corrected chi connectivity index (χ0v) is 15.9. The van der Waals surface area contributed by atoms with Gasteiger partial charge >= 0.3 is 0 Å². The Bertz CT molecular complexity index is 803. The van der Waals surface area contributed by atoms with Crippen molar-refractivity contribution in [2.75, 3.05) is 0 Å². The van der Waals surface area contributed by atoms with Crippen LogP contribution in [0.4, 0.5) is 0 Å². The van der Waals surface area contributed by atoms with Crippen molar-refractivity contribution < 1.29 is 9.59 Å². The van der Waals surface area contributed by atoms with E-state index < -0.39 is 0 Å². The first-order valence-corrected chi connectivity index (χ1v) is 9.10. The summed E-state index contributed by atoms with van der Waals surface area (Å²) in [6, 6.07) is 9.63. The van der Waals surface area contributed by atoms with Gasteiger partial charge in [-0.3, -0.25) is 9.59 Å². The van der Waals surface area contributed by atoms with Crippen LogP contribution in [0.1, 0.15) is 49.5 Å². The van der Waals surface area contributed by atoms with E-state index in [1.54, 1.807) is 0 Å². The van der Waals surface area contributed by atoms with Gasteiger partial charge in [0, 0.05) is 30.1 Å². The minimum Gasteiger partial charge on any atom is -0.351 e. The number of piperidine rings is 1. The van der Waals surface area contributed by atoms with Crippen LogP contribution in [0, 0.1) is 12.3 Å². The zero-order valence-electron chi connectivity index (χ0n) is 15.9. The Morgan fingerprint density at radius 1 is 1.23 bits per heavy atom. The van der Waals surface area contributed by atoms with Gasteiger partial charge in [-0.2, -0.15) is 0 Å². The second-order valence-electron chi connectivity index (χ2n) is 8.12. The molecule has 0 saturated carbocycles. The topological polar surface area (TPSA) is 63.1 Å². The molecular formula is C21H27N3O2. The summed E-state index contributed by atoms with van der Waals surface area (Å²) < 4.78 is 2.01. The lowest BCUT2D eigenvalue weighted by Crippen LogP contribution is -2.60. The summed E-state index contributed by atoms with van der Waals surface area (Å²) in [5.41, 5.74) is 2.51. The third-order valence-corrected chi connectivity index (χ3v) is 5.01. The number of carbonyl (C=O) groups is 2. The fourth-order valence-corrected chi connectivity index (χ4v) is 3.59. The molecule has 0 radical (unpaired) electrons. The van der Waals surface area contributed by atoms with Crippen LogP contribution < -0.4 is 10.6 Å². The van der Waals surface area contributed by atoms with Crippen molar-refractivity contribution in [2.24, 2.45) is 5.41 Å². The lowest BCUT2D eigenvalue weighted by molar-refractivity contribution is -0.125. The molecule has 0 spiro atoms. The van der Waals surface area contributed by atoms with Gasteiger partial charge in [-0.05, 0) is 54.7 Å². The lowest BCUT2D eigenvalue weighted by Gasteiger charge is -2.41. The fourth-order valence-electron chi connectivity index (χ4n) is 3.59. The summed E-state index contributed by atoms with van der Waals surface area (Å²) in [6.45, 7) is 8.20. The molecular weight excluding hydrogens is 326 g/mol. The molecule has 1 aliphatic heterocycles. The van der Waals surface area contributed by atoms with Crippen molar-refractivity contribution in [3.05, 3.63) is 53.9 Å². The van der Waals surface area contributed by atoms with E-state index in [2.05, 4.69) is 31.4 Å². The van der Waals surface area contributed by atoms with Crippen LogP contribution in [0.3, 0.4) is 0 Å². The average Bonchev–Trinajstić information content (AvgIpc) is 3.10. The molecule has 5 heteroatoms. The summed E-state index contributed by atoms with van der Waals surface area (Å²) in [4.78, 5) is 24.7. The van der Waals surface area contributed by atoms with E-state index in [0.29, 0.717) is 18.4 Å². The SMILES string of the molecule is Cc1cc(-n2cccc2)ccc1C(=O)N[C@@H]1CCC(=O)N[C@H]1C(C)(C)C. The molecule has 138 valence electrons. The number of carbonyl (C=O) groups excluding carboxylic acids is 2. The molecule has 2 amide bonds. The van der Waals surface area contributed by atoms with E-state index >= 15 is 0 Å². The number of rotatable bonds is 3. The Labute approximate surface area is 154 Å². The molecule has 26 heavy (non-hydrogen) atoms. The van der Waals surface area contributed by atoms with Crippen molar-refractivity contribution in [1.82, 2.24) is 15.2 Å². The van der Waals surface area contributed by atoms with Crippen LogP contribution in [0.2, 0.25) is 0 Å². The van der Waals surface area contributed by atoms with Gasteiger partial charge in [0.25, 0.3) is 5.91 Å². The Hall–Kier alpha value is -2.56. The molecule has 1 fully saturated rings. The molecule has 2 heterocycles. The van der Waals surface area contributed by atoms with E-state index in [1.165, 1.54) is 0 Å². The minimum absolute atomic E-state index is 0.0580. The van der Waals surface area contributed by atoms with E-state index in [4.69, 9.17) is 0 Å². The van der Waals surface area contributed by atoms with Crippen LogP contribution in [0.25, 0.3) is 5.69 Å². The lowest BCUT2D eigenvalue weighted by atomic mass is 9.78. The summed E-state index contributed by atoms with van der Waals surface area (Å²) >= 11 is 0. The second kappa shape index (κ2) is 6.98. The molecule has 5 nitrogen and oxygen atoms in total. The third kappa shape index (κ3) is 3.82. The summed E-state index contributed by atoms with van der Waals surface area (Å²) in [5.74, 6) is -0.0281. The predicted molar refractivity (Wildman–Crippen MR) is 102 cm³/mol. The maximum Gasteiger partial charge on any atom is 0.251 e.